The summed E-state index contributed by atoms with van der Waals surface area (Å²) in [4.78, 5) is 65.5. The summed E-state index contributed by atoms with van der Waals surface area (Å²) >= 11 is 6.05. The number of urea groups is 1. The number of halogens is 3. The topological polar surface area (TPSA) is 232 Å². The number of phenolic OH excluding ortho intramolecular Hbond substituents is 2. The Morgan fingerprint density at radius 1 is 1.16 bits per heavy atom. The number of aromatic carboxylic acids is 1. The van der Waals surface area contributed by atoms with Crippen molar-refractivity contribution in [3.63, 3.8) is 0 Å². The lowest BCUT2D eigenvalue weighted by Gasteiger charge is -2.35. The van der Waals surface area contributed by atoms with Crippen molar-refractivity contribution >= 4 is 48.4 Å². The van der Waals surface area contributed by atoms with Crippen LogP contribution in [0.1, 0.15) is 40.4 Å². The second-order valence-electron chi connectivity index (χ2n) is 10.9. The van der Waals surface area contributed by atoms with Crippen molar-refractivity contribution in [1.82, 2.24) is 20.4 Å². The summed E-state index contributed by atoms with van der Waals surface area (Å²) < 4.78 is 34.5. The largest absolute Gasteiger partial charge is 0.547 e. The van der Waals surface area contributed by atoms with Crippen LogP contribution in [0.25, 0.3) is 0 Å². The molecule has 5 rings (SSSR count). The van der Waals surface area contributed by atoms with Crippen LogP contribution in [0.4, 0.5) is 13.6 Å². The summed E-state index contributed by atoms with van der Waals surface area (Å²) in [5.41, 5.74) is 3.79. The lowest BCUT2D eigenvalue weighted by atomic mass is 9.72. The van der Waals surface area contributed by atoms with Gasteiger partial charge in [-0.1, -0.05) is 17.7 Å². The molecule has 2 atom stereocenters. The molecule has 0 radical (unpaired) electrons. The lowest BCUT2D eigenvalue weighted by Crippen LogP contribution is -2.61. The number of carbonyl (C=O) groups excluding carboxylic acids is 4. The van der Waals surface area contributed by atoms with Crippen LogP contribution in [0.5, 0.6) is 17.2 Å². The number of imide groups is 1. The molecule has 2 aromatic rings. The molecule has 0 bridgehead atoms. The Labute approximate surface area is 257 Å². The first-order valence-electron chi connectivity index (χ1n) is 13.4. The zero-order valence-corrected chi connectivity index (χ0v) is 23.8. The van der Waals surface area contributed by atoms with E-state index in [1.807, 2.05) is 0 Å². The maximum Gasteiger partial charge on any atom is 0.547 e. The lowest BCUT2D eigenvalue weighted by molar-refractivity contribution is -0.154. The Hall–Kier alpha value is -4.68. The third-order valence-electron chi connectivity index (χ3n) is 7.73. The van der Waals surface area contributed by atoms with Gasteiger partial charge in [0.05, 0.1) is 11.0 Å². The van der Waals surface area contributed by atoms with Gasteiger partial charge < -0.3 is 46.3 Å². The molecular weight excluding hydrogens is 627 g/mol. The number of amides is 5. The molecule has 3 aliphatic rings. The highest BCUT2D eigenvalue weighted by atomic mass is 35.5. The highest BCUT2D eigenvalue weighted by molar-refractivity contribution is 6.47. The van der Waals surface area contributed by atoms with E-state index < -0.39 is 99.4 Å². The molecule has 1 aliphatic carbocycles. The molecular formula is C26H25BClF2N5O10. The van der Waals surface area contributed by atoms with Gasteiger partial charge in [0.1, 0.15) is 29.0 Å². The zero-order chi connectivity index (χ0) is 33.0. The van der Waals surface area contributed by atoms with Crippen LogP contribution in [0, 0.1) is 11.6 Å². The van der Waals surface area contributed by atoms with Crippen molar-refractivity contribution in [2.75, 3.05) is 19.6 Å². The highest BCUT2D eigenvalue weighted by Gasteiger charge is 2.46. The monoisotopic (exact) mass is 651 g/mol. The number of benzene rings is 2. The van der Waals surface area contributed by atoms with E-state index in [1.165, 1.54) is 4.90 Å². The van der Waals surface area contributed by atoms with Crippen molar-refractivity contribution in [3.8, 4) is 17.2 Å². The van der Waals surface area contributed by atoms with Crippen LogP contribution in [-0.4, -0.2) is 98.1 Å². The van der Waals surface area contributed by atoms with E-state index in [0.29, 0.717) is 23.8 Å². The van der Waals surface area contributed by atoms with E-state index in [2.05, 4.69) is 10.6 Å². The first-order chi connectivity index (χ1) is 21.1. The van der Waals surface area contributed by atoms with Gasteiger partial charge in [-0.3, -0.25) is 19.3 Å². The van der Waals surface area contributed by atoms with Crippen LogP contribution < -0.4 is 21.0 Å². The number of nitrogens with two attached hydrogens (primary N) is 1. The predicted molar refractivity (Wildman–Crippen MR) is 148 cm³/mol. The molecule has 19 heteroatoms. The van der Waals surface area contributed by atoms with E-state index in [-0.39, 0.29) is 31.6 Å². The number of carboxylic acid groups (broad SMARTS) is 1. The van der Waals surface area contributed by atoms with Crippen molar-refractivity contribution in [2.24, 2.45) is 5.73 Å². The Kier molecular flexibility index (Phi) is 8.24. The van der Waals surface area contributed by atoms with Gasteiger partial charge >= 0.3 is 30.9 Å². The van der Waals surface area contributed by atoms with Crippen LogP contribution in [-0.2, 0) is 20.8 Å². The molecule has 0 spiro atoms. The number of phenols is 2. The summed E-state index contributed by atoms with van der Waals surface area (Å²) in [6, 6.07) is -1.05. The number of hydrogen-bond acceptors (Lipinski definition) is 10. The van der Waals surface area contributed by atoms with Gasteiger partial charge in [0, 0.05) is 36.8 Å². The Bertz CT molecular complexity index is 1640. The first-order valence-corrected chi connectivity index (χ1v) is 13.8. The molecule has 2 heterocycles. The molecule has 0 aromatic heterocycles. The average molecular weight is 652 g/mol. The van der Waals surface area contributed by atoms with Crippen LogP contribution >= 0.6 is 11.6 Å². The van der Waals surface area contributed by atoms with Crippen molar-refractivity contribution in [3.05, 3.63) is 51.5 Å². The fourth-order valence-electron chi connectivity index (χ4n) is 5.09. The van der Waals surface area contributed by atoms with Gasteiger partial charge in [-0.05, 0) is 30.9 Å². The van der Waals surface area contributed by atoms with E-state index in [0.717, 1.165) is 12.1 Å². The predicted octanol–water partition coefficient (Wildman–Crippen LogP) is -0.220. The molecule has 8 N–H and O–H groups in total. The molecule has 238 valence electrons. The van der Waals surface area contributed by atoms with Gasteiger partial charge in [0.25, 0.3) is 0 Å². The third-order valence-corrected chi connectivity index (χ3v) is 8.11. The second-order valence-corrected chi connectivity index (χ2v) is 11.3. The first kappa shape index (κ1) is 31.7. The number of rotatable bonds is 7. The van der Waals surface area contributed by atoms with Gasteiger partial charge in [0.15, 0.2) is 11.5 Å². The van der Waals surface area contributed by atoms with E-state index in [9.17, 15) is 48.7 Å². The number of carboxylic acids is 1. The minimum absolute atomic E-state index is 0.0731. The average Bonchev–Trinajstić information content (AvgIpc) is 3.70. The molecule has 2 aromatic carbocycles. The molecule has 2 aliphatic heterocycles. The van der Waals surface area contributed by atoms with Gasteiger partial charge in [-0.15, -0.1) is 0 Å². The number of nitrogens with one attached hydrogen (secondary N) is 2. The molecule has 1 saturated heterocycles. The Morgan fingerprint density at radius 3 is 2.49 bits per heavy atom. The fourth-order valence-corrected chi connectivity index (χ4v) is 5.39. The van der Waals surface area contributed by atoms with Gasteiger partial charge in [-0.25, -0.2) is 18.4 Å². The number of fused-ring (bicyclic) bond motifs is 1. The smallest absolute Gasteiger partial charge is 0.534 e. The highest BCUT2D eigenvalue weighted by Crippen LogP contribution is 2.40. The van der Waals surface area contributed by atoms with Crippen molar-refractivity contribution in [2.45, 2.75) is 36.8 Å². The Balaban J connectivity index is 1.41. The fraction of sp³-hybridized carbons (Fsp3) is 0.346. The SMILES string of the molecule is NC1(CN2CCN(C(=O)NC(C(=O)NC3Cc4ccc(F)c(C(=O)O)c4OB3O)c3c(F)cc(O)c(O)c3Cl)C(=O)C2=O)CC1. The zero-order valence-electron chi connectivity index (χ0n) is 23.1. The molecule has 45 heavy (non-hydrogen) atoms. The number of hydrogen-bond donors (Lipinski definition) is 7. The molecule has 2 unspecified atom stereocenters. The molecule has 5 amide bonds. The van der Waals surface area contributed by atoms with Crippen molar-refractivity contribution < 1.29 is 57.8 Å². The number of nitrogens with zero attached hydrogens (tertiary/aromatic N) is 2. The minimum atomic E-state index is -2.15. The maximum atomic E-state index is 15.2. The summed E-state index contributed by atoms with van der Waals surface area (Å²) in [6.07, 6.45) is 0.988. The second kappa shape index (κ2) is 11.7. The number of piperazine rings is 1. The Morgan fingerprint density at radius 2 is 1.84 bits per heavy atom. The van der Waals surface area contributed by atoms with E-state index in [4.69, 9.17) is 22.0 Å². The van der Waals surface area contributed by atoms with Gasteiger partial charge in [-0.2, -0.15) is 0 Å². The normalized spacial score (nSPS) is 19.4. The summed E-state index contributed by atoms with van der Waals surface area (Å²) in [7, 11) is -1.96. The van der Waals surface area contributed by atoms with Crippen LogP contribution in [0.2, 0.25) is 5.02 Å². The minimum Gasteiger partial charge on any atom is -0.534 e. The number of carbonyl (C=O) groups is 5. The van der Waals surface area contributed by atoms with Crippen molar-refractivity contribution in [1.29, 1.82) is 0 Å². The summed E-state index contributed by atoms with van der Waals surface area (Å²) in [6.45, 7) is -0.291. The maximum absolute atomic E-state index is 15.2. The molecule has 2 fully saturated rings. The third kappa shape index (κ3) is 6.03. The standard InChI is InChI=1S/C26H25BClF2N5O10/c28-17-15(12(30)8-13(36)19(17)37)18(33-25(43)35-6-5-34(22(39)23(35)40)9-26(31)3-4-26)21(38)32-14-7-10-1-2-11(29)16(24(41)42)20(10)45-27(14)44/h1-2,8,14,18,36-37,44H,3-7,9,31H2,(H,32,38)(H,33,43)(H,41,42). The van der Waals surface area contributed by atoms with Crippen LogP contribution in [0.3, 0.4) is 0 Å². The summed E-state index contributed by atoms with van der Waals surface area (Å²) in [5.74, 6) is -11.7. The molecule has 1 saturated carbocycles. The van der Waals surface area contributed by atoms with Gasteiger partial charge in [0.2, 0.25) is 5.91 Å². The van der Waals surface area contributed by atoms with Crippen LogP contribution in [0.15, 0.2) is 18.2 Å². The van der Waals surface area contributed by atoms with E-state index in [1.54, 1.807) is 0 Å². The summed E-state index contributed by atoms with van der Waals surface area (Å²) in [5, 5.41) is 43.3. The molecule has 15 nitrogen and oxygen atoms in total. The van der Waals surface area contributed by atoms with E-state index >= 15 is 4.39 Å². The number of aromatic hydroxyl groups is 2. The quantitative estimate of drug-likeness (QED) is 0.117.